The Kier molecular flexibility index (Phi) is 4.57. The van der Waals surface area contributed by atoms with Crippen LogP contribution in [0.2, 0.25) is 0 Å². The first kappa shape index (κ1) is 12.8. The number of amidine groups is 1. The fraction of sp³-hybridized carbons (Fsp3) is 0.400. The topological polar surface area (TPSA) is 91.7 Å². The molecule has 1 unspecified atom stereocenters. The van der Waals surface area contributed by atoms with Crippen LogP contribution in [0, 0.1) is 6.92 Å². The summed E-state index contributed by atoms with van der Waals surface area (Å²) in [6, 6.07) is 1.79. The molecule has 0 aliphatic rings. The van der Waals surface area contributed by atoms with Crippen LogP contribution < -0.4 is 5.73 Å². The van der Waals surface area contributed by atoms with Crippen LogP contribution >= 0.6 is 11.8 Å². The Labute approximate surface area is 98.4 Å². The van der Waals surface area contributed by atoms with Crippen molar-refractivity contribution in [1.82, 2.24) is 4.98 Å². The number of pyridine rings is 1. The maximum atomic E-state index is 8.99. The average molecular weight is 241 g/mol. The Morgan fingerprint density at radius 1 is 1.69 bits per heavy atom. The second-order valence-corrected chi connectivity index (χ2v) is 4.83. The molecule has 88 valence electrons. The minimum atomic E-state index is 0.0135. The molecule has 1 atom stereocenters. The third-order valence-corrected chi connectivity index (χ3v) is 3.14. The molecule has 0 radical (unpaired) electrons. The van der Waals surface area contributed by atoms with Crippen molar-refractivity contribution >= 4 is 17.6 Å². The SMILES string of the molecule is Cc1ccnc(SC(C)CO)c1/C(N)=N/O. The van der Waals surface area contributed by atoms with E-state index in [0.717, 1.165) is 5.56 Å². The lowest BCUT2D eigenvalue weighted by Gasteiger charge is -2.12. The van der Waals surface area contributed by atoms with Crippen molar-refractivity contribution in [3.05, 3.63) is 23.4 Å². The highest BCUT2D eigenvalue weighted by Crippen LogP contribution is 2.26. The van der Waals surface area contributed by atoms with E-state index in [2.05, 4.69) is 10.1 Å². The van der Waals surface area contributed by atoms with E-state index in [1.54, 1.807) is 12.3 Å². The number of oxime groups is 1. The molecule has 0 spiro atoms. The summed E-state index contributed by atoms with van der Waals surface area (Å²) in [6.45, 7) is 3.80. The molecule has 0 saturated carbocycles. The summed E-state index contributed by atoms with van der Waals surface area (Å²) in [6.07, 6.45) is 1.66. The molecule has 0 aliphatic carbocycles. The summed E-state index contributed by atoms with van der Waals surface area (Å²) < 4.78 is 0. The summed E-state index contributed by atoms with van der Waals surface area (Å²) in [5.41, 5.74) is 7.10. The van der Waals surface area contributed by atoms with Crippen LogP contribution in [0.5, 0.6) is 0 Å². The Morgan fingerprint density at radius 2 is 2.38 bits per heavy atom. The smallest absolute Gasteiger partial charge is 0.173 e. The number of hydrogen-bond donors (Lipinski definition) is 3. The van der Waals surface area contributed by atoms with Gasteiger partial charge in [-0.2, -0.15) is 0 Å². The number of aryl methyl sites for hydroxylation is 1. The Morgan fingerprint density at radius 3 is 2.94 bits per heavy atom. The molecule has 0 fully saturated rings. The van der Waals surface area contributed by atoms with Gasteiger partial charge in [-0.05, 0) is 18.6 Å². The van der Waals surface area contributed by atoms with Crippen LogP contribution in [-0.2, 0) is 0 Å². The zero-order valence-corrected chi connectivity index (χ0v) is 10.0. The molecular weight excluding hydrogens is 226 g/mol. The van der Waals surface area contributed by atoms with Gasteiger partial charge in [0.25, 0.3) is 0 Å². The monoisotopic (exact) mass is 241 g/mol. The number of thioether (sulfide) groups is 1. The highest BCUT2D eigenvalue weighted by molar-refractivity contribution is 7.99. The van der Waals surface area contributed by atoms with Gasteiger partial charge in [0.05, 0.1) is 12.2 Å². The van der Waals surface area contributed by atoms with E-state index in [0.29, 0.717) is 10.6 Å². The molecule has 1 aromatic heterocycles. The minimum absolute atomic E-state index is 0.0135. The Bertz CT molecular complexity index is 396. The molecule has 0 amide bonds. The molecule has 0 aliphatic heterocycles. The van der Waals surface area contributed by atoms with E-state index >= 15 is 0 Å². The van der Waals surface area contributed by atoms with Crippen LogP contribution in [0.3, 0.4) is 0 Å². The van der Waals surface area contributed by atoms with E-state index in [1.165, 1.54) is 11.8 Å². The number of aliphatic hydroxyl groups is 1. The van der Waals surface area contributed by atoms with Crippen LogP contribution in [0.15, 0.2) is 22.4 Å². The first-order valence-corrected chi connectivity index (χ1v) is 5.69. The molecule has 0 saturated heterocycles. The lowest BCUT2D eigenvalue weighted by molar-refractivity contribution is 0.300. The average Bonchev–Trinajstić information content (AvgIpc) is 2.28. The first-order valence-electron chi connectivity index (χ1n) is 4.81. The molecule has 6 heteroatoms. The lowest BCUT2D eigenvalue weighted by atomic mass is 10.1. The standard InChI is InChI=1S/C10H15N3O2S/c1-6-3-4-12-10(16-7(2)5-14)8(6)9(11)13-15/h3-4,7,14-15H,5H2,1-2H3,(H2,11,13). The van der Waals surface area contributed by atoms with Gasteiger partial charge >= 0.3 is 0 Å². The van der Waals surface area contributed by atoms with Crippen molar-refractivity contribution in [2.75, 3.05) is 6.61 Å². The fourth-order valence-electron chi connectivity index (χ4n) is 1.21. The van der Waals surface area contributed by atoms with Gasteiger partial charge < -0.3 is 16.0 Å². The fourth-order valence-corrected chi connectivity index (χ4v) is 2.17. The third-order valence-electron chi connectivity index (χ3n) is 2.06. The summed E-state index contributed by atoms with van der Waals surface area (Å²) in [5, 5.41) is 21.4. The summed E-state index contributed by atoms with van der Waals surface area (Å²) in [4.78, 5) is 4.18. The molecule has 1 heterocycles. The van der Waals surface area contributed by atoms with Crippen molar-refractivity contribution in [3.8, 4) is 0 Å². The van der Waals surface area contributed by atoms with Gasteiger partial charge in [0, 0.05) is 11.4 Å². The quantitative estimate of drug-likeness (QED) is 0.240. The van der Waals surface area contributed by atoms with E-state index < -0.39 is 0 Å². The number of aliphatic hydroxyl groups excluding tert-OH is 1. The number of hydrogen-bond acceptors (Lipinski definition) is 5. The van der Waals surface area contributed by atoms with E-state index in [1.807, 2.05) is 13.8 Å². The molecular formula is C10H15N3O2S. The van der Waals surface area contributed by atoms with E-state index in [4.69, 9.17) is 16.0 Å². The van der Waals surface area contributed by atoms with Crippen LogP contribution in [0.1, 0.15) is 18.1 Å². The van der Waals surface area contributed by atoms with Crippen molar-refractivity contribution in [1.29, 1.82) is 0 Å². The summed E-state index contributed by atoms with van der Waals surface area (Å²) in [5.74, 6) is 0.0400. The van der Waals surface area contributed by atoms with Gasteiger partial charge in [-0.25, -0.2) is 4.98 Å². The minimum Gasteiger partial charge on any atom is -0.409 e. The van der Waals surface area contributed by atoms with Crippen LogP contribution in [0.25, 0.3) is 0 Å². The number of nitrogens with zero attached hydrogens (tertiary/aromatic N) is 2. The molecule has 1 aromatic rings. The van der Waals surface area contributed by atoms with Gasteiger partial charge in [-0.1, -0.05) is 12.1 Å². The lowest BCUT2D eigenvalue weighted by Crippen LogP contribution is -2.17. The Balaban J connectivity index is 3.13. The van der Waals surface area contributed by atoms with Gasteiger partial charge in [0.1, 0.15) is 5.03 Å². The van der Waals surface area contributed by atoms with Gasteiger partial charge in [0.15, 0.2) is 5.84 Å². The maximum Gasteiger partial charge on any atom is 0.173 e. The summed E-state index contributed by atoms with van der Waals surface area (Å²) in [7, 11) is 0. The Hall–Kier alpha value is -1.27. The first-order chi connectivity index (χ1) is 7.60. The van der Waals surface area contributed by atoms with E-state index in [9.17, 15) is 0 Å². The van der Waals surface area contributed by atoms with Gasteiger partial charge in [-0.15, -0.1) is 11.8 Å². The molecule has 0 aromatic carbocycles. The van der Waals surface area contributed by atoms with Crippen LogP contribution in [-0.4, -0.2) is 33.0 Å². The normalized spacial score (nSPS) is 13.8. The largest absolute Gasteiger partial charge is 0.409 e. The number of nitrogens with two attached hydrogens (primary N) is 1. The van der Waals surface area contributed by atoms with Crippen molar-refractivity contribution < 1.29 is 10.3 Å². The van der Waals surface area contributed by atoms with Crippen molar-refractivity contribution in [2.24, 2.45) is 10.9 Å². The predicted octanol–water partition coefficient (Wildman–Crippen LogP) is 0.957. The molecule has 4 N–H and O–H groups in total. The molecule has 16 heavy (non-hydrogen) atoms. The second kappa shape index (κ2) is 5.72. The zero-order chi connectivity index (χ0) is 12.1. The summed E-state index contributed by atoms with van der Waals surface area (Å²) >= 11 is 1.39. The molecule has 0 bridgehead atoms. The molecule has 1 rings (SSSR count). The van der Waals surface area contributed by atoms with Gasteiger partial charge in [0.2, 0.25) is 0 Å². The predicted molar refractivity (Wildman–Crippen MR) is 63.9 cm³/mol. The van der Waals surface area contributed by atoms with Crippen molar-refractivity contribution in [2.45, 2.75) is 24.1 Å². The second-order valence-electron chi connectivity index (χ2n) is 3.40. The third kappa shape index (κ3) is 2.86. The van der Waals surface area contributed by atoms with Gasteiger partial charge in [-0.3, -0.25) is 0 Å². The molecule has 5 nitrogen and oxygen atoms in total. The van der Waals surface area contributed by atoms with E-state index in [-0.39, 0.29) is 17.7 Å². The van der Waals surface area contributed by atoms with Crippen molar-refractivity contribution in [3.63, 3.8) is 0 Å². The number of rotatable bonds is 4. The highest BCUT2D eigenvalue weighted by atomic mass is 32.2. The number of aromatic nitrogens is 1. The maximum absolute atomic E-state index is 8.99. The zero-order valence-electron chi connectivity index (χ0n) is 9.21. The van der Waals surface area contributed by atoms with Crippen LogP contribution in [0.4, 0.5) is 0 Å². The highest BCUT2D eigenvalue weighted by Gasteiger charge is 2.14.